The van der Waals surface area contributed by atoms with Crippen molar-refractivity contribution in [3.05, 3.63) is 28.3 Å². The van der Waals surface area contributed by atoms with Crippen LogP contribution in [-0.2, 0) is 16.6 Å². The first-order chi connectivity index (χ1) is 9.86. The number of hydrogen-bond acceptors (Lipinski definition) is 3. The van der Waals surface area contributed by atoms with Crippen molar-refractivity contribution in [1.82, 2.24) is 9.62 Å². The predicted molar refractivity (Wildman–Crippen MR) is 86.1 cm³/mol. The lowest BCUT2D eigenvalue weighted by Gasteiger charge is -2.19. The molecule has 0 spiro atoms. The number of nitrogens with zero attached hydrogens (tertiary/aromatic N) is 1. The molecule has 1 fully saturated rings. The molecule has 6 heteroatoms. The fourth-order valence-corrected chi connectivity index (χ4v) is 4.85. The van der Waals surface area contributed by atoms with Crippen LogP contribution in [0.3, 0.4) is 0 Å². The average molecular weight is 331 g/mol. The summed E-state index contributed by atoms with van der Waals surface area (Å²) in [4.78, 5) is 0.344. The van der Waals surface area contributed by atoms with Gasteiger partial charge >= 0.3 is 0 Å². The van der Waals surface area contributed by atoms with E-state index in [1.807, 2.05) is 19.9 Å². The minimum atomic E-state index is -3.45. The molecule has 1 saturated heterocycles. The number of sulfonamides is 1. The minimum absolute atomic E-state index is 0.344. The zero-order valence-electron chi connectivity index (χ0n) is 12.8. The molecule has 1 N–H and O–H groups in total. The highest BCUT2D eigenvalue weighted by Gasteiger charge is 2.32. The van der Waals surface area contributed by atoms with Crippen LogP contribution in [0.25, 0.3) is 0 Å². The number of benzene rings is 1. The van der Waals surface area contributed by atoms with E-state index in [-0.39, 0.29) is 0 Å². The smallest absolute Gasteiger partial charge is 0.243 e. The molecule has 1 aliphatic heterocycles. The molecule has 1 aromatic rings. The van der Waals surface area contributed by atoms with E-state index >= 15 is 0 Å². The largest absolute Gasteiger partial charge is 0.313 e. The van der Waals surface area contributed by atoms with Gasteiger partial charge in [-0.15, -0.1) is 0 Å². The Bertz CT molecular complexity index is 616. The molecule has 21 heavy (non-hydrogen) atoms. The summed E-state index contributed by atoms with van der Waals surface area (Å²) in [6.45, 7) is 8.60. The van der Waals surface area contributed by atoms with Crippen molar-refractivity contribution in [3.8, 4) is 0 Å². The Morgan fingerprint density at radius 3 is 2.71 bits per heavy atom. The van der Waals surface area contributed by atoms with Crippen molar-refractivity contribution in [2.24, 2.45) is 5.92 Å². The molecule has 0 bridgehead atoms. The van der Waals surface area contributed by atoms with Crippen molar-refractivity contribution < 1.29 is 8.42 Å². The molecular formula is C15H23ClN2O2S. The summed E-state index contributed by atoms with van der Waals surface area (Å²) in [5, 5.41) is 3.69. The molecule has 118 valence electrons. The maximum absolute atomic E-state index is 12.8. The van der Waals surface area contributed by atoms with E-state index in [2.05, 4.69) is 12.2 Å². The molecule has 0 amide bonds. The predicted octanol–water partition coefficient (Wildman–Crippen LogP) is 2.79. The second kappa shape index (κ2) is 6.65. The first-order valence-electron chi connectivity index (χ1n) is 7.36. The quantitative estimate of drug-likeness (QED) is 0.903. The van der Waals surface area contributed by atoms with E-state index in [1.54, 1.807) is 10.4 Å². The Hall–Kier alpha value is -0.620. The molecule has 0 aromatic heterocycles. The zero-order chi connectivity index (χ0) is 15.6. The molecule has 1 atom stereocenters. The maximum atomic E-state index is 12.8. The molecular weight excluding hydrogens is 308 g/mol. The van der Waals surface area contributed by atoms with E-state index in [4.69, 9.17) is 11.6 Å². The van der Waals surface area contributed by atoms with E-state index in [0.717, 1.165) is 24.1 Å². The summed E-state index contributed by atoms with van der Waals surface area (Å²) in [6.07, 6.45) is 0.920. The fraction of sp³-hybridized carbons (Fsp3) is 0.600. The highest BCUT2D eigenvalue weighted by Crippen LogP contribution is 2.30. The molecule has 1 unspecified atom stereocenters. The zero-order valence-corrected chi connectivity index (χ0v) is 14.4. The van der Waals surface area contributed by atoms with Gasteiger partial charge in [-0.1, -0.05) is 25.4 Å². The number of halogens is 1. The Balaban J connectivity index is 2.40. The van der Waals surface area contributed by atoms with Gasteiger partial charge in [0.15, 0.2) is 0 Å². The van der Waals surface area contributed by atoms with Crippen LogP contribution in [-0.4, -0.2) is 32.4 Å². The lowest BCUT2D eigenvalue weighted by atomic mass is 10.1. The van der Waals surface area contributed by atoms with Crippen LogP contribution < -0.4 is 5.32 Å². The standard InChI is InChI=1S/C15H23ClN2O2S/c1-4-17-9-13-7-14(16)8-15(12(13)3)21(19,20)18-6-5-11(2)10-18/h7-8,11,17H,4-6,9-10H2,1-3H3. The monoisotopic (exact) mass is 330 g/mol. The van der Waals surface area contributed by atoms with Crippen LogP contribution in [0, 0.1) is 12.8 Å². The van der Waals surface area contributed by atoms with Gasteiger partial charge in [0.2, 0.25) is 10.0 Å². The highest BCUT2D eigenvalue weighted by atomic mass is 35.5. The van der Waals surface area contributed by atoms with Crippen molar-refractivity contribution in [1.29, 1.82) is 0 Å². The molecule has 1 aromatic carbocycles. The lowest BCUT2D eigenvalue weighted by molar-refractivity contribution is 0.464. The normalized spacial score (nSPS) is 20.1. The second-order valence-electron chi connectivity index (χ2n) is 5.73. The third-order valence-electron chi connectivity index (χ3n) is 4.00. The van der Waals surface area contributed by atoms with E-state index < -0.39 is 10.0 Å². The molecule has 4 nitrogen and oxygen atoms in total. The van der Waals surface area contributed by atoms with E-state index in [0.29, 0.717) is 35.5 Å². The van der Waals surface area contributed by atoms with Gasteiger partial charge in [-0.05, 0) is 49.1 Å². The van der Waals surface area contributed by atoms with Gasteiger partial charge in [-0.3, -0.25) is 0 Å². The summed E-state index contributed by atoms with van der Waals surface area (Å²) in [6, 6.07) is 3.41. The van der Waals surface area contributed by atoms with Gasteiger partial charge < -0.3 is 5.32 Å². The van der Waals surface area contributed by atoms with Crippen LogP contribution in [0.5, 0.6) is 0 Å². The topological polar surface area (TPSA) is 49.4 Å². The molecule has 0 saturated carbocycles. The van der Waals surface area contributed by atoms with Crippen LogP contribution in [0.1, 0.15) is 31.4 Å². The van der Waals surface area contributed by atoms with Crippen LogP contribution in [0.2, 0.25) is 5.02 Å². The third-order valence-corrected chi connectivity index (χ3v) is 6.21. The number of hydrogen-bond donors (Lipinski definition) is 1. The molecule has 1 heterocycles. The summed E-state index contributed by atoms with van der Waals surface area (Å²) in [5.74, 6) is 0.417. The summed E-state index contributed by atoms with van der Waals surface area (Å²) < 4.78 is 27.2. The lowest BCUT2D eigenvalue weighted by Crippen LogP contribution is -2.29. The Kier molecular flexibility index (Phi) is 5.30. The van der Waals surface area contributed by atoms with Crippen molar-refractivity contribution in [3.63, 3.8) is 0 Å². The SMILES string of the molecule is CCNCc1cc(Cl)cc(S(=O)(=O)N2CCC(C)C2)c1C. The maximum Gasteiger partial charge on any atom is 0.243 e. The minimum Gasteiger partial charge on any atom is -0.313 e. The number of nitrogens with one attached hydrogen (secondary N) is 1. The van der Waals surface area contributed by atoms with Gasteiger partial charge in [0.1, 0.15) is 0 Å². The van der Waals surface area contributed by atoms with Crippen LogP contribution in [0.15, 0.2) is 17.0 Å². The molecule has 2 rings (SSSR count). The van der Waals surface area contributed by atoms with Crippen LogP contribution in [0.4, 0.5) is 0 Å². The molecule has 1 aliphatic rings. The van der Waals surface area contributed by atoms with Crippen LogP contribution >= 0.6 is 11.6 Å². The van der Waals surface area contributed by atoms with E-state index in [1.165, 1.54) is 0 Å². The highest BCUT2D eigenvalue weighted by molar-refractivity contribution is 7.89. The van der Waals surface area contributed by atoms with Gasteiger partial charge in [-0.2, -0.15) is 4.31 Å². The van der Waals surface area contributed by atoms with E-state index in [9.17, 15) is 8.42 Å². The third kappa shape index (κ3) is 3.59. The van der Waals surface area contributed by atoms with Gasteiger partial charge in [0.25, 0.3) is 0 Å². The van der Waals surface area contributed by atoms with Gasteiger partial charge in [-0.25, -0.2) is 8.42 Å². The van der Waals surface area contributed by atoms with Gasteiger partial charge in [0.05, 0.1) is 4.90 Å². The average Bonchev–Trinajstić information content (AvgIpc) is 2.86. The summed E-state index contributed by atoms with van der Waals surface area (Å²) in [7, 11) is -3.45. The second-order valence-corrected chi connectivity index (χ2v) is 8.07. The summed E-state index contributed by atoms with van der Waals surface area (Å²) in [5.41, 5.74) is 1.73. The molecule has 0 aliphatic carbocycles. The van der Waals surface area contributed by atoms with Crippen molar-refractivity contribution in [2.75, 3.05) is 19.6 Å². The van der Waals surface area contributed by atoms with Crippen molar-refractivity contribution >= 4 is 21.6 Å². The Morgan fingerprint density at radius 1 is 1.43 bits per heavy atom. The molecule has 0 radical (unpaired) electrons. The number of rotatable bonds is 5. The Labute approximate surface area is 132 Å². The first-order valence-corrected chi connectivity index (χ1v) is 9.18. The van der Waals surface area contributed by atoms with Crippen molar-refractivity contribution in [2.45, 2.75) is 38.6 Å². The first kappa shape index (κ1) is 16.7. The Morgan fingerprint density at radius 2 is 2.14 bits per heavy atom. The summed E-state index contributed by atoms with van der Waals surface area (Å²) >= 11 is 6.13. The van der Waals surface area contributed by atoms with Gasteiger partial charge in [0, 0.05) is 24.7 Å². The fourth-order valence-electron chi connectivity index (χ4n) is 2.67.